The molecule has 4 rings (SSSR count). The summed E-state index contributed by atoms with van der Waals surface area (Å²) in [6.07, 6.45) is 0. The van der Waals surface area contributed by atoms with E-state index in [1.807, 2.05) is 24.3 Å². The monoisotopic (exact) mass is 366 g/mol. The molecule has 0 aliphatic carbocycles. The van der Waals surface area contributed by atoms with Crippen molar-refractivity contribution in [2.45, 2.75) is 18.6 Å². The van der Waals surface area contributed by atoms with Gasteiger partial charge in [-0.1, -0.05) is 17.4 Å². The number of anilines is 1. The third kappa shape index (κ3) is 2.88. The average Bonchev–Trinajstić information content (AvgIpc) is 3.22. The molecule has 0 N–H and O–H groups in total. The van der Waals surface area contributed by atoms with E-state index in [0.29, 0.717) is 18.0 Å². The molecule has 27 heavy (non-hydrogen) atoms. The van der Waals surface area contributed by atoms with Crippen LogP contribution >= 0.6 is 0 Å². The van der Waals surface area contributed by atoms with Crippen LogP contribution in [-0.4, -0.2) is 43.1 Å². The molecular formula is C19H18N4O4. The highest BCUT2D eigenvalue weighted by Crippen LogP contribution is 2.33. The molecule has 2 aliphatic heterocycles. The van der Waals surface area contributed by atoms with Crippen molar-refractivity contribution in [3.05, 3.63) is 54.1 Å². The molecule has 0 radical (unpaired) electrons. The highest BCUT2D eigenvalue weighted by atomic mass is 16.5. The van der Waals surface area contributed by atoms with Crippen LogP contribution in [0.5, 0.6) is 11.5 Å². The summed E-state index contributed by atoms with van der Waals surface area (Å²) in [5.74, 6) is 0.709. The molecule has 0 aromatic heterocycles. The predicted octanol–water partition coefficient (Wildman–Crippen LogP) is 2.20. The topological polar surface area (TPSA) is 83.8 Å². The van der Waals surface area contributed by atoms with Crippen LogP contribution in [0.1, 0.15) is 5.56 Å². The van der Waals surface area contributed by atoms with Gasteiger partial charge < -0.3 is 9.47 Å². The van der Waals surface area contributed by atoms with Gasteiger partial charge in [0.05, 0.1) is 26.5 Å². The van der Waals surface area contributed by atoms with Crippen LogP contribution < -0.4 is 14.4 Å². The average molecular weight is 366 g/mol. The number of nitrogens with zero attached hydrogens (tertiary/aromatic N) is 4. The van der Waals surface area contributed by atoms with Gasteiger partial charge in [-0.3, -0.25) is 14.6 Å². The van der Waals surface area contributed by atoms with E-state index in [1.165, 1.54) is 4.90 Å². The Morgan fingerprint density at radius 2 is 1.48 bits per heavy atom. The number of methoxy groups -OCH3 is 2. The molecule has 8 heteroatoms. The summed E-state index contributed by atoms with van der Waals surface area (Å²) in [7, 11) is 3.16. The largest absolute Gasteiger partial charge is 0.497 e. The Morgan fingerprint density at radius 1 is 0.889 bits per heavy atom. The molecule has 2 aromatic carbocycles. The number of benzene rings is 2. The summed E-state index contributed by atoms with van der Waals surface area (Å²) in [5.41, 5.74) is 1.44. The Morgan fingerprint density at radius 3 is 2.07 bits per heavy atom. The number of imide groups is 1. The number of ether oxygens (including phenoxy) is 2. The number of amides is 2. The predicted molar refractivity (Wildman–Crippen MR) is 96.5 cm³/mol. The molecule has 0 saturated carbocycles. The molecule has 2 heterocycles. The smallest absolute Gasteiger partial charge is 0.263 e. The lowest BCUT2D eigenvalue weighted by Crippen LogP contribution is -2.39. The summed E-state index contributed by atoms with van der Waals surface area (Å²) < 4.78 is 10.3. The molecule has 0 bridgehead atoms. The fourth-order valence-corrected chi connectivity index (χ4v) is 3.26. The van der Waals surface area contributed by atoms with E-state index in [-0.39, 0.29) is 11.8 Å². The Kier molecular flexibility index (Phi) is 4.23. The van der Waals surface area contributed by atoms with E-state index in [0.717, 1.165) is 11.3 Å². The standard InChI is InChI=1S/C19H18N4O4/c1-26-14-7-3-12(4-8-14)11-22-17-16(20-21-22)18(24)23(19(17)25)13-5-9-15(27-2)10-6-13/h3-10,16-17H,11H2,1-2H3/t16-,17+/m0/s1. The van der Waals surface area contributed by atoms with Gasteiger partial charge in [-0.05, 0) is 42.0 Å². The van der Waals surface area contributed by atoms with Crippen LogP contribution in [0.25, 0.3) is 0 Å². The van der Waals surface area contributed by atoms with Crippen LogP contribution in [-0.2, 0) is 16.1 Å². The van der Waals surface area contributed by atoms with Crippen molar-refractivity contribution in [1.29, 1.82) is 0 Å². The molecule has 0 unspecified atom stereocenters. The number of rotatable bonds is 5. The quantitative estimate of drug-likeness (QED) is 0.758. The van der Waals surface area contributed by atoms with Crippen LogP contribution in [0.3, 0.4) is 0 Å². The van der Waals surface area contributed by atoms with Gasteiger partial charge in [0.25, 0.3) is 11.8 Å². The maximum atomic E-state index is 12.9. The van der Waals surface area contributed by atoms with E-state index in [4.69, 9.17) is 9.47 Å². The molecule has 1 fully saturated rings. The van der Waals surface area contributed by atoms with Crippen molar-refractivity contribution < 1.29 is 19.1 Å². The Balaban J connectivity index is 1.55. The molecule has 0 spiro atoms. The number of carbonyl (C=O) groups is 2. The number of hydrogen-bond donors (Lipinski definition) is 0. The first-order valence-electron chi connectivity index (χ1n) is 8.44. The van der Waals surface area contributed by atoms with Crippen LogP contribution in [0.4, 0.5) is 5.69 Å². The molecule has 2 atom stereocenters. The van der Waals surface area contributed by atoms with Crippen molar-refractivity contribution in [1.82, 2.24) is 5.01 Å². The first-order valence-corrected chi connectivity index (χ1v) is 8.44. The van der Waals surface area contributed by atoms with Gasteiger partial charge in [-0.2, -0.15) is 5.11 Å². The van der Waals surface area contributed by atoms with Gasteiger partial charge in [-0.25, -0.2) is 4.90 Å². The minimum atomic E-state index is -0.808. The molecule has 2 amide bonds. The molecular weight excluding hydrogens is 348 g/mol. The van der Waals surface area contributed by atoms with E-state index in [2.05, 4.69) is 10.3 Å². The van der Waals surface area contributed by atoms with Gasteiger partial charge in [0, 0.05) is 0 Å². The van der Waals surface area contributed by atoms with E-state index >= 15 is 0 Å². The van der Waals surface area contributed by atoms with Crippen LogP contribution in [0.2, 0.25) is 0 Å². The van der Waals surface area contributed by atoms with Crippen molar-refractivity contribution in [2.75, 3.05) is 19.1 Å². The van der Waals surface area contributed by atoms with Crippen molar-refractivity contribution in [3.8, 4) is 11.5 Å². The van der Waals surface area contributed by atoms with E-state index < -0.39 is 12.1 Å². The zero-order valence-corrected chi connectivity index (χ0v) is 14.9. The lowest BCUT2D eigenvalue weighted by Gasteiger charge is -2.20. The second-order valence-corrected chi connectivity index (χ2v) is 6.25. The lowest BCUT2D eigenvalue weighted by atomic mass is 10.1. The first-order chi connectivity index (χ1) is 13.1. The number of fused-ring (bicyclic) bond motifs is 1. The van der Waals surface area contributed by atoms with Gasteiger partial charge in [0.15, 0.2) is 12.1 Å². The minimum absolute atomic E-state index is 0.325. The maximum Gasteiger partial charge on any atom is 0.263 e. The first kappa shape index (κ1) is 17.0. The lowest BCUT2D eigenvalue weighted by molar-refractivity contribution is -0.123. The fraction of sp³-hybridized carbons (Fsp3) is 0.263. The second-order valence-electron chi connectivity index (χ2n) is 6.25. The highest BCUT2D eigenvalue weighted by Gasteiger charge is 2.54. The van der Waals surface area contributed by atoms with Gasteiger partial charge in [0.1, 0.15) is 11.5 Å². The second kappa shape index (κ2) is 6.71. The summed E-state index contributed by atoms with van der Waals surface area (Å²) in [5, 5.41) is 9.66. The Hall–Kier alpha value is -3.42. The summed E-state index contributed by atoms with van der Waals surface area (Å²) in [6.45, 7) is 0.379. The Bertz CT molecular complexity index is 895. The Labute approximate surface area is 156 Å². The van der Waals surface area contributed by atoms with Crippen molar-refractivity contribution >= 4 is 17.5 Å². The molecule has 8 nitrogen and oxygen atoms in total. The highest BCUT2D eigenvalue weighted by molar-refractivity contribution is 6.25. The molecule has 138 valence electrons. The van der Waals surface area contributed by atoms with Crippen LogP contribution in [0.15, 0.2) is 58.9 Å². The van der Waals surface area contributed by atoms with Crippen LogP contribution in [0, 0.1) is 0 Å². The molecule has 2 aliphatic rings. The maximum absolute atomic E-state index is 12.9. The summed E-state index contributed by atoms with van der Waals surface area (Å²) >= 11 is 0. The fourth-order valence-electron chi connectivity index (χ4n) is 3.26. The third-order valence-corrected chi connectivity index (χ3v) is 4.69. The van der Waals surface area contributed by atoms with E-state index in [1.54, 1.807) is 43.5 Å². The number of hydrogen-bond acceptors (Lipinski definition) is 7. The normalized spacial score (nSPS) is 21.0. The van der Waals surface area contributed by atoms with Crippen molar-refractivity contribution in [3.63, 3.8) is 0 Å². The third-order valence-electron chi connectivity index (χ3n) is 4.69. The summed E-state index contributed by atoms with van der Waals surface area (Å²) in [6, 6.07) is 12.7. The molecule has 1 saturated heterocycles. The SMILES string of the molecule is COc1ccc(CN2N=N[C@@H]3C(=O)N(c4ccc(OC)cc4)C(=O)[C@@H]32)cc1. The van der Waals surface area contributed by atoms with Gasteiger partial charge in [0.2, 0.25) is 0 Å². The van der Waals surface area contributed by atoms with Gasteiger partial charge >= 0.3 is 0 Å². The van der Waals surface area contributed by atoms with Crippen molar-refractivity contribution in [2.24, 2.45) is 10.3 Å². The van der Waals surface area contributed by atoms with E-state index in [9.17, 15) is 9.59 Å². The summed E-state index contributed by atoms with van der Waals surface area (Å²) in [4.78, 5) is 26.8. The zero-order chi connectivity index (χ0) is 19.0. The zero-order valence-electron chi connectivity index (χ0n) is 14.9. The minimum Gasteiger partial charge on any atom is -0.497 e. The van der Waals surface area contributed by atoms with Gasteiger partial charge in [-0.15, -0.1) is 0 Å². The number of carbonyl (C=O) groups excluding carboxylic acids is 2. The molecule has 2 aromatic rings.